The van der Waals surface area contributed by atoms with Crippen molar-refractivity contribution in [1.82, 2.24) is 15.1 Å². The number of nitrogens with one attached hydrogen (secondary N) is 1. The minimum Gasteiger partial charge on any atom is -0.469 e. The number of amides is 2. The second-order valence-corrected chi connectivity index (χ2v) is 7.09. The zero-order valence-corrected chi connectivity index (χ0v) is 17.3. The summed E-state index contributed by atoms with van der Waals surface area (Å²) in [5.41, 5.74) is 1.83. The summed E-state index contributed by atoms with van der Waals surface area (Å²) < 4.78 is 10.8. The molecule has 0 bridgehead atoms. The lowest BCUT2D eigenvalue weighted by Crippen LogP contribution is -2.30. The van der Waals surface area contributed by atoms with Crippen molar-refractivity contribution in [2.75, 3.05) is 24.2 Å². The first kappa shape index (κ1) is 20.7. The highest BCUT2D eigenvalue weighted by Crippen LogP contribution is 2.26. The third kappa shape index (κ3) is 5.05. The number of carbonyl (C=O) groups excluding carboxylic acids is 2. The first-order valence-corrected chi connectivity index (χ1v) is 10.2. The molecule has 2 aromatic heterocycles. The lowest BCUT2D eigenvalue weighted by molar-refractivity contribution is -0.113. The van der Waals surface area contributed by atoms with Crippen molar-refractivity contribution in [2.45, 2.75) is 26.0 Å². The van der Waals surface area contributed by atoms with E-state index in [1.807, 2.05) is 13.8 Å². The topological polar surface area (TPSA) is 101 Å². The van der Waals surface area contributed by atoms with Gasteiger partial charge in [-0.3, -0.25) is 9.59 Å². The fraction of sp³-hybridized carbons (Fsp3) is 0.300. The van der Waals surface area contributed by atoms with Crippen LogP contribution in [0.25, 0.3) is 11.5 Å². The number of benzene rings is 1. The van der Waals surface area contributed by atoms with Gasteiger partial charge < -0.3 is 19.1 Å². The maximum Gasteiger partial charge on any atom is 0.277 e. The number of aromatic nitrogens is 2. The van der Waals surface area contributed by atoms with Crippen molar-refractivity contribution in [3.05, 3.63) is 47.9 Å². The summed E-state index contributed by atoms with van der Waals surface area (Å²) in [5.74, 6) is 0.833. The Balaban J connectivity index is 1.58. The van der Waals surface area contributed by atoms with E-state index in [0.29, 0.717) is 41.2 Å². The number of hydrogen-bond donors (Lipinski definition) is 1. The van der Waals surface area contributed by atoms with Gasteiger partial charge in [0, 0.05) is 24.3 Å². The van der Waals surface area contributed by atoms with E-state index in [4.69, 9.17) is 8.83 Å². The molecule has 0 aliphatic rings. The summed E-state index contributed by atoms with van der Waals surface area (Å²) in [6.45, 7) is 6.93. The summed E-state index contributed by atoms with van der Waals surface area (Å²) in [6, 6.07) is 8.65. The predicted molar refractivity (Wildman–Crippen MR) is 110 cm³/mol. The molecule has 0 spiro atoms. The highest BCUT2D eigenvalue weighted by atomic mass is 32.2. The van der Waals surface area contributed by atoms with Gasteiger partial charge in [-0.2, -0.15) is 0 Å². The van der Waals surface area contributed by atoms with Gasteiger partial charge in [0.15, 0.2) is 0 Å². The first-order valence-electron chi connectivity index (χ1n) is 9.21. The molecular formula is C20H22N4O4S. The standard InChI is InChI=1S/C20H22N4O4S/c1-4-24(5-2)19(26)14-7-6-8-15(11-14)21-17(25)12-29-20-23-22-18(28-20)16-9-10-27-13(16)3/h6-11H,4-5,12H2,1-3H3,(H,21,25). The molecule has 152 valence electrons. The van der Waals surface area contributed by atoms with Gasteiger partial charge in [-0.05, 0) is 45.0 Å². The number of carbonyl (C=O) groups is 2. The Morgan fingerprint density at radius 1 is 1.17 bits per heavy atom. The van der Waals surface area contributed by atoms with Crippen molar-refractivity contribution in [2.24, 2.45) is 0 Å². The minimum absolute atomic E-state index is 0.0617. The molecule has 9 heteroatoms. The minimum atomic E-state index is -0.235. The number of hydrogen-bond acceptors (Lipinski definition) is 7. The molecule has 0 aliphatic carbocycles. The molecule has 3 rings (SSSR count). The quantitative estimate of drug-likeness (QED) is 0.559. The Morgan fingerprint density at radius 2 is 1.97 bits per heavy atom. The summed E-state index contributed by atoms with van der Waals surface area (Å²) in [4.78, 5) is 26.5. The second-order valence-electron chi connectivity index (χ2n) is 6.16. The van der Waals surface area contributed by atoms with Crippen molar-refractivity contribution in [3.8, 4) is 11.5 Å². The van der Waals surface area contributed by atoms with E-state index in [1.54, 1.807) is 48.4 Å². The van der Waals surface area contributed by atoms with E-state index in [-0.39, 0.29) is 17.6 Å². The van der Waals surface area contributed by atoms with Gasteiger partial charge in [-0.25, -0.2) is 0 Å². The van der Waals surface area contributed by atoms with Crippen LogP contribution in [0.3, 0.4) is 0 Å². The average molecular weight is 414 g/mol. The molecule has 0 atom stereocenters. The Hall–Kier alpha value is -3.07. The van der Waals surface area contributed by atoms with Gasteiger partial charge in [0.1, 0.15) is 5.76 Å². The van der Waals surface area contributed by atoms with Crippen molar-refractivity contribution in [3.63, 3.8) is 0 Å². The normalized spacial score (nSPS) is 10.7. The van der Waals surface area contributed by atoms with E-state index in [0.717, 1.165) is 17.3 Å². The predicted octanol–water partition coefficient (Wildman–Crippen LogP) is 3.85. The smallest absolute Gasteiger partial charge is 0.277 e. The molecule has 2 amide bonds. The van der Waals surface area contributed by atoms with E-state index in [1.165, 1.54) is 0 Å². The molecule has 0 radical (unpaired) electrons. The maximum atomic E-state index is 12.5. The number of thioether (sulfide) groups is 1. The summed E-state index contributed by atoms with van der Waals surface area (Å²) in [5, 5.41) is 11.0. The van der Waals surface area contributed by atoms with Gasteiger partial charge in [0.2, 0.25) is 5.91 Å². The SMILES string of the molecule is CCN(CC)C(=O)c1cccc(NC(=O)CSc2nnc(-c3ccoc3C)o2)c1. The van der Waals surface area contributed by atoms with E-state index in [2.05, 4.69) is 15.5 Å². The van der Waals surface area contributed by atoms with Gasteiger partial charge in [-0.15, -0.1) is 10.2 Å². The highest BCUT2D eigenvalue weighted by Gasteiger charge is 2.16. The number of furan rings is 1. The van der Waals surface area contributed by atoms with E-state index >= 15 is 0 Å². The zero-order chi connectivity index (χ0) is 20.8. The van der Waals surface area contributed by atoms with Crippen LogP contribution in [0.4, 0.5) is 5.69 Å². The number of aryl methyl sites for hydroxylation is 1. The third-order valence-electron chi connectivity index (χ3n) is 4.27. The van der Waals surface area contributed by atoms with Crippen LogP contribution in [0.15, 0.2) is 50.7 Å². The van der Waals surface area contributed by atoms with Crippen LogP contribution in [-0.4, -0.2) is 45.8 Å². The number of anilines is 1. The van der Waals surface area contributed by atoms with Gasteiger partial charge in [0.25, 0.3) is 17.0 Å². The largest absolute Gasteiger partial charge is 0.469 e. The third-order valence-corrected chi connectivity index (χ3v) is 5.08. The fourth-order valence-corrected chi connectivity index (χ4v) is 3.29. The maximum absolute atomic E-state index is 12.5. The Labute approximate surface area is 172 Å². The Bertz CT molecular complexity index is 994. The monoisotopic (exact) mass is 414 g/mol. The molecule has 1 N–H and O–H groups in total. The average Bonchev–Trinajstić information content (AvgIpc) is 3.36. The molecule has 0 saturated carbocycles. The lowest BCUT2D eigenvalue weighted by atomic mass is 10.1. The number of rotatable bonds is 8. The Kier molecular flexibility index (Phi) is 6.71. The summed E-state index contributed by atoms with van der Waals surface area (Å²) in [7, 11) is 0. The molecule has 0 fully saturated rings. The Morgan fingerprint density at radius 3 is 2.66 bits per heavy atom. The fourth-order valence-electron chi connectivity index (χ4n) is 2.73. The van der Waals surface area contributed by atoms with Crippen molar-refractivity contribution in [1.29, 1.82) is 0 Å². The molecule has 0 saturated heterocycles. The molecule has 0 aliphatic heterocycles. The van der Waals surface area contributed by atoms with E-state index < -0.39 is 0 Å². The molecule has 0 unspecified atom stereocenters. The van der Waals surface area contributed by atoms with Crippen LogP contribution in [0.5, 0.6) is 0 Å². The first-order chi connectivity index (χ1) is 14.0. The molecule has 2 heterocycles. The molecule has 29 heavy (non-hydrogen) atoms. The van der Waals surface area contributed by atoms with Gasteiger partial charge >= 0.3 is 0 Å². The van der Waals surface area contributed by atoms with Crippen molar-refractivity contribution < 1.29 is 18.4 Å². The van der Waals surface area contributed by atoms with Crippen LogP contribution >= 0.6 is 11.8 Å². The van der Waals surface area contributed by atoms with Crippen LogP contribution in [-0.2, 0) is 4.79 Å². The van der Waals surface area contributed by atoms with Crippen LogP contribution in [0.2, 0.25) is 0 Å². The molecule has 3 aromatic rings. The van der Waals surface area contributed by atoms with Crippen molar-refractivity contribution >= 4 is 29.3 Å². The molecule has 1 aromatic carbocycles. The zero-order valence-electron chi connectivity index (χ0n) is 16.5. The van der Waals surface area contributed by atoms with Gasteiger partial charge in [-0.1, -0.05) is 17.8 Å². The summed E-state index contributed by atoms with van der Waals surface area (Å²) in [6.07, 6.45) is 1.55. The van der Waals surface area contributed by atoms with Gasteiger partial charge in [0.05, 0.1) is 17.6 Å². The van der Waals surface area contributed by atoms with E-state index in [9.17, 15) is 9.59 Å². The van der Waals surface area contributed by atoms with Crippen LogP contribution in [0.1, 0.15) is 30.0 Å². The molecule has 8 nitrogen and oxygen atoms in total. The lowest BCUT2D eigenvalue weighted by Gasteiger charge is -2.19. The second kappa shape index (κ2) is 9.42. The highest BCUT2D eigenvalue weighted by molar-refractivity contribution is 7.99. The van der Waals surface area contributed by atoms with Crippen LogP contribution < -0.4 is 5.32 Å². The van der Waals surface area contributed by atoms with Crippen LogP contribution in [0, 0.1) is 6.92 Å². The molecular weight excluding hydrogens is 392 g/mol. The summed E-state index contributed by atoms with van der Waals surface area (Å²) >= 11 is 1.14. The number of nitrogens with zero attached hydrogens (tertiary/aromatic N) is 3.